The highest BCUT2D eigenvalue weighted by atomic mass is 16.2. The Bertz CT molecular complexity index is 522. The van der Waals surface area contributed by atoms with E-state index in [0.29, 0.717) is 0 Å². The molecule has 0 bridgehead atoms. The molecule has 2 rings (SSSR count). The minimum absolute atomic E-state index is 0.400. The molecule has 0 aliphatic carbocycles. The molecule has 4 heteroatoms. The van der Waals surface area contributed by atoms with Gasteiger partial charge in [-0.2, -0.15) is 0 Å². The summed E-state index contributed by atoms with van der Waals surface area (Å²) in [5.41, 5.74) is 10.7. The van der Waals surface area contributed by atoms with E-state index < -0.39 is 11.9 Å². The van der Waals surface area contributed by atoms with Crippen LogP contribution in [0, 0.1) is 0 Å². The van der Waals surface area contributed by atoms with Gasteiger partial charge >= 0.3 is 0 Å². The molecule has 2 aromatic carbocycles. The molecular weight excluding hydrogens is 226 g/mol. The van der Waals surface area contributed by atoms with Crippen LogP contribution in [0.15, 0.2) is 54.6 Å². The van der Waals surface area contributed by atoms with Crippen LogP contribution in [-0.2, 0) is 4.79 Å². The number of hydrogen-bond acceptors (Lipinski definition) is 3. The molecule has 1 unspecified atom stereocenters. The fourth-order valence-corrected chi connectivity index (χ4v) is 1.75. The topological polar surface area (TPSA) is 81.1 Å². The van der Waals surface area contributed by atoms with Gasteiger partial charge in [-0.1, -0.05) is 54.6 Å². The molecule has 5 N–H and O–H groups in total. The first-order valence-corrected chi connectivity index (χ1v) is 5.64. The molecular formula is C14H15N3O. The average molecular weight is 241 g/mol. The van der Waals surface area contributed by atoms with Crippen LogP contribution < -0.4 is 17.0 Å². The van der Waals surface area contributed by atoms with Crippen molar-refractivity contribution in [2.24, 2.45) is 11.6 Å². The van der Waals surface area contributed by atoms with Gasteiger partial charge in [0, 0.05) is 0 Å². The van der Waals surface area contributed by atoms with Crippen molar-refractivity contribution in [3.63, 3.8) is 0 Å². The van der Waals surface area contributed by atoms with Crippen LogP contribution in [0.2, 0.25) is 0 Å². The van der Waals surface area contributed by atoms with Crippen LogP contribution in [0.5, 0.6) is 0 Å². The number of hydrogen-bond donors (Lipinski definition) is 3. The number of nitrogens with one attached hydrogen (secondary N) is 1. The minimum Gasteiger partial charge on any atom is -0.316 e. The smallest absolute Gasteiger partial charge is 0.255 e. The highest BCUT2D eigenvalue weighted by molar-refractivity contribution is 5.82. The van der Waals surface area contributed by atoms with Crippen molar-refractivity contribution in [1.29, 1.82) is 0 Å². The second kappa shape index (κ2) is 5.44. The maximum Gasteiger partial charge on any atom is 0.255 e. The monoisotopic (exact) mass is 241 g/mol. The summed E-state index contributed by atoms with van der Waals surface area (Å²) in [5.74, 6) is 4.65. The molecule has 4 nitrogen and oxygen atoms in total. The summed E-state index contributed by atoms with van der Waals surface area (Å²) in [7, 11) is 0. The van der Waals surface area contributed by atoms with Crippen LogP contribution in [0.25, 0.3) is 11.1 Å². The summed E-state index contributed by atoms with van der Waals surface area (Å²) in [6, 6.07) is 16.8. The first-order valence-electron chi connectivity index (χ1n) is 5.64. The first-order chi connectivity index (χ1) is 8.72. The molecule has 0 saturated carbocycles. The van der Waals surface area contributed by atoms with E-state index >= 15 is 0 Å². The van der Waals surface area contributed by atoms with Gasteiger partial charge in [-0.15, -0.1) is 0 Å². The predicted octanol–water partition coefficient (Wildman–Crippen LogP) is 1.34. The standard InChI is InChI=1S/C14H15N3O/c15-13(14(18)17-16)12-8-6-11(7-9-12)10-4-2-1-3-5-10/h1-9,13H,15-16H2,(H,17,18). The van der Waals surface area contributed by atoms with Gasteiger partial charge in [-0.25, -0.2) is 5.84 Å². The van der Waals surface area contributed by atoms with Crippen molar-refractivity contribution in [1.82, 2.24) is 5.43 Å². The molecule has 0 aliphatic rings. The van der Waals surface area contributed by atoms with Gasteiger partial charge in [-0.05, 0) is 16.7 Å². The van der Waals surface area contributed by atoms with Crippen molar-refractivity contribution in [3.8, 4) is 11.1 Å². The van der Waals surface area contributed by atoms with E-state index in [1.54, 1.807) is 0 Å². The molecule has 1 atom stereocenters. The second-order valence-electron chi connectivity index (χ2n) is 3.97. The summed E-state index contributed by atoms with van der Waals surface area (Å²) in [6.45, 7) is 0. The second-order valence-corrected chi connectivity index (χ2v) is 3.97. The van der Waals surface area contributed by atoms with Gasteiger partial charge in [0.2, 0.25) is 0 Å². The number of carbonyl (C=O) groups is 1. The molecule has 0 radical (unpaired) electrons. The Morgan fingerprint density at radius 3 is 2.06 bits per heavy atom. The summed E-state index contributed by atoms with van der Waals surface area (Å²) >= 11 is 0. The highest BCUT2D eigenvalue weighted by Crippen LogP contribution is 2.21. The zero-order valence-electron chi connectivity index (χ0n) is 9.84. The third-order valence-electron chi connectivity index (χ3n) is 2.80. The van der Waals surface area contributed by atoms with Gasteiger partial charge in [0.15, 0.2) is 0 Å². The van der Waals surface area contributed by atoms with E-state index in [2.05, 4.69) is 0 Å². The molecule has 0 saturated heterocycles. The molecule has 0 aromatic heterocycles. The minimum atomic E-state index is -0.736. The lowest BCUT2D eigenvalue weighted by molar-refractivity contribution is -0.122. The largest absolute Gasteiger partial charge is 0.316 e. The number of rotatable bonds is 3. The van der Waals surface area contributed by atoms with Gasteiger partial charge in [0.25, 0.3) is 5.91 Å². The van der Waals surface area contributed by atoms with E-state index in [4.69, 9.17) is 11.6 Å². The van der Waals surface area contributed by atoms with Crippen molar-refractivity contribution in [3.05, 3.63) is 60.2 Å². The Labute approximate surface area is 106 Å². The zero-order valence-corrected chi connectivity index (χ0v) is 9.84. The molecule has 2 aromatic rings. The summed E-state index contributed by atoms with van der Waals surface area (Å²) < 4.78 is 0. The molecule has 92 valence electrons. The zero-order chi connectivity index (χ0) is 13.0. The molecule has 1 amide bonds. The van der Waals surface area contributed by atoms with E-state index in [-0.39, 0.29) is 0 Å². The lowest BCUT2D eigenvalue weighted by atomic mass is 10.0. The van der Waals surface area contributed by atoms with Crippen LogP contribution >= 0.6 is 0 Å². The fraction of sp³-hybridized carbons (Fsp3) is 0.0714. The number of nitrogens with two attached hydrogens (primary N) is 2. The number of amides is 1. The third-order valence-corrected chi connectivity index (χ3v) is 2.80. The molecule has 0 fully saturated rings. The van der Waals surface area contributed by atoms with Crippen molar-refractivity contribution < 1.29 is 4.79 Å². The van der Waals surface area contributed by atoms with Gasteiger partial charge in [0.1, 0.15) is 6.04 Å². The molecule has 18 heavy (non-hydrogen) atoms. The van der Waals surface area contributed by atoms with Crippen molar-refractivity contribution >= 4 is 5.91 Å². The maximum atomic E-state index is 11.3. The van der Waals surface area contributed by atoms with E-state index in [9.17, 15) is 4.79 Å². The van der Waals surface area contributed by atoms with E-state index in [1.165, 1.54) is 0 Å². The van der Waals surface area contributed by atoms with Gasteiger partial charge < -0.3 is 5.73 Å². The lowest BCUT2D eigenvalue weighted by Crippen LogP contribution is -2.38. The highest BCUT2D eigenvalue weighted by Gasteiger charge is 2.13. The number of benzene rings is 2. The van der Waals surface area contributed by atoms with Gasteiger partial charge in [0.05, 0.1) is 0 Å². The van der Waals surface area contributed by atoms with Crippen LogP contribution in [0.1, 0.15) is 11.6 Å². The Morgan fingerprint density at radius 2 is 1.50 bits per heavy atom. The summed E-state index contributed by atoms with van der Waals surface area (Å²) in [4.78, 5) is 11.3. The average Bonchev–Trinajstić information content (AvgIpc) is 2.47. The first kappa shape index (κ1) is 12.3. The van der Waals surface area contributed by atoms with Crippen LogP contribution in [-0.4, -0.2) is 5.91 Å². The van der Waals surface area contributed by atoms with E-state index in [1.807, 2.05) is 60.0 Å². The summed E-state index contributed by atoms with van der Waals surface area (Å²) in [6.07, 6.45) is 0. The quantitative estimate of drug-likeness (QED) is 0.431. The Morgan fingerprint density at radius 1 is 0.944 bits per heavy atom. The molecule has 0 aliphatic heterocycles. The van der Waals surface area contributed by atoms with E-state index in [0.717, 1.165) is 16.7 Å². The molecule has 0 heterocycles. The third kappa shape index (κ3) is 2.56. The van der Waals surface area contributed by atoms with Crippen molar-refractivity contribution in [2.75, 3.05) is 0 Å². The Balaban J connectivity index is 2.23. The Hall–Kier alpha value is -2.17. The Kier molecular flexibility index (Phi) is 3.72. The van der Waals surface area contributed by atoms with Crippen LogP contribution in [0.4, 0.5) is 0 Å². The number of hydrazine groups is 1. The number of carbonyl (C=O) groups excluding carboxylic acids is 1. The normalized spacial score (nSPS) is 11.9. The fourth-order valence-electron chi connectivity index (χ4n) is 1.75. The maximum absolute atomic E-state index is 11.3. The predicted molar refractivity (Wildman–Crippen MR) is 71.1 cm³/mol. The SMILES string of the molecule is NNC(=O)C(N)c1ccc(-c2ccccc2)cc1. The summed E-state index contributed by atoms with van der Waals surface area (Å²) in [5, 5.41) is 0. The molecule has 0 spiro atoms. The van der Waals surface area contributed by atoms with Crippen LogP contribution in [0.3, 0.4) is 0 Å². The van der Waals surface area contributed by atoms with Gasteiger partial charge in [-0.3, -0.25) is 10.2 Å². The lowest BCUT2D eigenvalue weighted by Gasteiger charge is -2.10. The van der Waals surface area contributed by atoms with Crippen molar-refractivity contribution in [2.45, 2.75) is 6.04 Å².